The number of nitrogens with zero attached hydrogens (tertiary/aromatic N) is 1. The van der Waals surface area contributed by atoms with Gasteiger partial charge in [-0.05, 0) is 89.5 Å². The van der Waals surface area contributed by atoms with Gasteiger partial charge in [-0.25, -0.2) is 0 Å². The molecular weight excluding hydrogens is 856 g/mol. The standard InChI is InChI=1S/C57H103N2O7P/c1-7-10-13-16-19-22-25-27-28-29-30-32-34-37-40-43-46-49-56(60)58-54(53-65-67(62,63)64-52-51-59(4,5)6)55(48-45-42-39-36-33-24-21-18-15-12-9-3)66-57(61)50-47-44-41-38-35-31-26-23-20-17-14-11-8-2/h19,22,27-28,30-32,35,41,44-45,48,54-55H,7-18,20-21,23-26,29,33-34,36-40,42-43,46-47,49-53H2,1-6H3,(H-,58,60,62,63)/b22-19-,28-27-,32-30-,35-31-,44-41+,48-45-. The highest BCUT2D eigenvalue weighted by Gasteiger charge is 2.27. The van der Waals surface area contributed by atoms with Crippen LogP contribution < -0.4 is 10.2 Å². The maximum absolute atomic E-state index is 13.4. The molecule has 3 unspecified atom stereocenters. The number of ether oxygens (including phenoxy) is 1. The van der Waals surface area contributed by atoms with Crippen LogP contribution in [0.5, 0.6) is 0 Å². The van der Waals surface area contributed by atoms with Crippen molar-refractivity contribution >= 4 is 19.7 Å². The zero-order valence-electron chi connectivity index (χ0n) is 44.1. The second-order valence-corrected chi connectivity index (χ2v) is 20.8. The van der Waals surface area contributed by atoms with Gasteiger partial charge in [-0.15, -0.1) is 0 Å². The lowest BCUT2D eigenvalue weighted by Crippen LogP contribution is -2.47. The van der Waals surface area contributed by atoms with Gasteiger partial charge in [-0.3, -0.25) is 14.2 Å². The molecule has 0 bridgehead atoms. The number of hydrogen-bond donors (Lipinski definition) is 1. The molecule has 388 valence electrons. The van der Waals surface area contributed by atoms with Gasteiger partial charge >= 0.3 is 5.97 Å². The van der Waals surface area contributed by atoms with E-state index in [2.05, 4.69) is 80.8 Å². The Morgan fingerprint density at radius 1 is 0.522 bits per heavy atom. The summed E-state index contributed by atoms with van der Waals surface area (Å²) in [5.74, 6) is -0.649. The van der Waals surface area contributed by atoms with Crippen LogP contribution in [-0.4, -0.2) is 69.4 Å². The zero-order valence-corrected chi connectivity index (χ0v) is 45.0. The summed E-state index contributed by atoms with van der Waals surface area (Å²) >= 11 is 0. The summed E-state index contributed by atoms with van der Waals surface area (Å²) in [6, 6.07) is -0.923. The van der Waals surface area contributed by atoms with Gasteiger partial charge in [0.15, 0.2) is 0 Å². The number of unbranched alkanes of at least 4 members (excludes halogenated alkanes) is 22. The molecule has 0 aromatic carbocycles. The molecule has 0 radical (unpaired) electrons. The lowest BCUT2D eigenvalue weighted by Gasteiger charge is -2.30. The molecule has 0 aliphatic heterocycles. The minimum absolute atomic E-state index is 0.0369. The van der Waals surface area contributed by atoms with Crippen LogP contribution >= 0.6 is 7.82 Å². The van der Waals surface area contributed by atoms with E-state index in [4.69, 9.17) is 13.8 Å². The van der Waals surface area contributed by atoms with Crippen molar-refractivity contribution in [3.8, 4) is 0 Å². The van der Waals surface area contributed by atoms with Crippen LogP contribution in [0.3, 0.4) is 0 Å². The average Bonchev–Trinajstić information content (AvgIpc) is 3.28. The minimum atomic E-state index is -4.71. The third kappa shape index (κ3) is 48.3. The molecule has 0 saturated heterocycles. The molecule has 0 heterocycles. The van der Waals surface area contributed by atoms with Crippen LogP contribution in [0.4, 0.5) is 0 Å². The number of hydrogen-bond acceptors (Lipinski definition) is 7. The van der Waals surface area contributed by atoms with E-state index in [0.717, 1.165) is 70.6 Å². The Hall–Kier alpha value is -2.55. The SMILES string of the molecule is CCCCC/C=C\C/C=C\C/C=C\CCCCCCC(=O)NC(COP(=O)([O-])OCC[N+](C)(C)C)C(/C=C\CCCCCCCCCCC)OC(=O)CC/C=C/C/C=C\CCCCCCCC. The summed E-state index contributed by atoms with van der Waals surface area (Å²) in [6.07, 6.45) is 58.8. The van der Waals surface area contributed by atoms with Crippen LogP contribution in [-0.2, 0) is 27.9 Å². The molecule has 9 nitrogen and oxygen atoms in total. The number of carbonyl (C=O) groups excluding carboxylic acids is 2. The Balaban J connectivity index is 5.48. The van der Waals surface area contributed by atoms with Gasteiger partial charge in [-0.1, -0.05) is 197 Å². The van der Waals surface area contributed by atoms with Crippen molar-refractivity contribution in [2.75, 3.05) is 40.9 Å². The van der Waals surface area contributed by atoms with Crippen molar-refractivity contribution in [1.82, 2.24) is 5.32 Å². The Morgan fingerprint density at radius 2 is 0.925 bits per heavy atom. The molecular formula is C57H103N2O7P. The molecule has 0 rings (SSSR count). The maximum atomic E-state index is 13.4. The van der Waals surface area contributed by atoms with E-state index in [0.29, 0.717) is 23.9 Å². The number of allylic oxidation sites excluding steroid dienone is 11. The van der Waals surface area contributed by atoms with E-state index in [9.17, 15) is 19.0 Å². The van der Waals surface area contributed by atoms with Gasteiger partial charge in [0.1, 0.15) is 19.3 Å². The molecule has 0 spiro atoms. The van der Waals surface area contributed by atoms with E-state index in [1.807, 2.05) is 33.3 Å². The summed E-state index contributed by atoms with van der Waals surface area (Å²) in [5, 5.41) is 2.98. The van der Waals surface area contributed by atoms with E-state index in [1.165, 1.54) is 109 Å². The van der Waals surface area contributed by atoms with Crippen molar-refractivity contribution in [2.24, 2.45) is 0 Å². The summed E-state index contributed by atoms with van der Waals surface area (Å²) in [4.78, 5) is 39.7. The fourth-order valence-electron chi connectivity index (χ4n) is 7.34. The third-order valence-corrected chi connectivity index (χ3v) is 12.6. The number of nitrogens with one attached hydrogen (secondary N) is 1. The van der Waals surface area contributed by atoms with Crippen molar-refractivity contribution in [1.29, 1.82) is 0 Å². The van der Waals surface area contributed by atoms with Gasteiger partial charge < -0.3 is 28.5 Å². The van der Waals surface area contributed by atoms with Gasteiger partial charge in [0.2, 0.25) is 5.91 Å². The van der Waals surface area contributed by atoms with Gasteiger partial charge in [0, 0.05) is 12.8 Å². The number of carbonyl (C=O) groups is 2. The first kappa shape index (κ1) is 64.5. The van der Waals surface area contributed by atoms with Gasteiger partial charge in [-0.2, -0.15) is 0 Å². The first-order valence-electron chi connectivity index (χ1n) is 27.2. The van der Waals surface area contributed by atoms with E-state index in [1.54, 1.807) is 6.08 Å². The largest absolute Gasteiger partial charge is 0.756 e. The van der Waals surface area contributed by atoms with Crippen LogP contribution in [0.15, 0.2) is 72.9 Å². The van der Waals surface area contributed by atoms with Crippen molar-refractivity contribution in [3.05, 3.63) is 72.9 Å². The number of esters is 1. The lowest BCUT2D eigenvalue weighted by molar-refractivity contribution is -0.870. The maximum Gasteiger partial charge on any atom is 0.306 e. The fourth-order valence-corrected chi connectivity index (χ4v) is 8.07. The highest BCUT2D eigenvalue weighted by atomic mass is 31.2. The summed E-state index contributed by atoms with van der Waals surface area (Å²) in [5.41, 5.74) is 0. The topological polar surface area (TPSA) is 114 Å². The quantitative estimate of drug-likeness (QED) is 0.0212. The average molecular weight is 959 g/mol. The zero-order chi connectivity index (χ0) is 49.4. The highest BCUT2D eigenvalue weighted by Crippen LogP contribution is 2.38. The fraction of sp³-hybridized carbons (Fsp3) is 0.754. The Labute approximate surface area is 413 Å². The summed E-state index contributed by atoms with van der Waals surface area (Å²) < 4.78 is 30.1. The Bertz CT molecular complexity index is 1380. The van der Waals surface area contributed by atoms with Crippen LogP contribution in [0.1, 0.15) is 226 Å². The van der Waals surface area contributed by atoms with Crippen LogP contribution in [0, 0.1) is 0 Å². The molecule has 0 aromatic heterocycles. The first-order valence-corrected chi connectivity index (χ1v) is 28.7. The molecule has 0 aliphatic carbocycles. The lowest BCUT2D eigenvalue weighted by atomic mass is 10.1. The number of phosphoric ester groups is 1. The Morgan fingerprint density at radius 3 is 1.42 bits per heavy atom. The van der Waals surface area contributed by atoms with E-state index < -0.39 is 32.5 Å². The molecule has 0 aliphatic rings. The normalized spacial score (nSPS) is 14.4. The molecule has 0 aromatic rings. The summed E-state index contributed by atoms with van der Waals surface area (Å²) in [7, 11) is 1.13. The predicted molar refractivity (Wildman–Crippen MR) is 284 cm³/mol. The second-order valence-electron chi connectivity index (χ2n) is 19.4. The van der Waals surface area contributed by atoms with Crippen molar-refractivity contribution < 1.29 is 37.3 Å². The van der Waals surface area contributed by atoms with E-state index >= 15 is 0 Å². The van der Waals surface area contributed by atoms with Crippen LogP contribution in [0.25, 0.3) is 0 Å². The second kappa shape index (κ2) is 47.1. The van der Waals surface area contributed by atoms with Crippen LogP contribution in [0.2, 0.25) is 0 Å². The number of likely N-dealkylation sites (N-methyl/N-ethyl adjacent to an activating group) is 1. The highest BCUT2D eigenvalue weighted by molar-refractivity contribution is 7.45. The predicted octanol–water partition coefficient (Wildman–Crippen LogP) is 15.5. The monoisotopic (exact) mass is 959 g/mol. The molecule has 10 heteroatoms. The number of phosphoric acid groups is 1. The van der Waals surface area contributed by atoms with E-state index in [-0.39, 0.29) is 25.4 Å². The Kier molecular flexibility index (Phi) is 45.3. The molecule has 1 amide bonds. The first-order chi connectivity index (χ1) is 32.4. The molecule has 0 saturated carbocycles. The number of amides is 1. The van der Waals surface area contributed by atoms with Crippen molar-refractivity contribution in [2.45, 2.75) is 238 Å². The van der Waals surface area contributed by atoms with Crippen molar-refractivity contribution in [3.63, 3.8) is 0 Å². The smallest absolute Gasteiger partial charge is 0.306 e. The van der Waals surface area contributed by atoms with Gasteiger partial charge in [0.25, 0.3) is 7.82 Å². The molecule has 1 N–H and O–H groups in total. The number of quaternary nitrogens is 1. The minimum Gasteiger partial charge on any atom is -0.756 e. The molecule has 67 heavy (non-hydrogen) atoms. The van der Waals surface area contributed by atoms with Gasteiger partial charge in [0.05, 0.1) is 33.8 Å². The number of rotatable bonds is 48. The third-order valence-electron chi connectivity index (χ3n) is 11.6. The molecule has 0 fully saturated rings. The molecule has 3 atom stereocenters. The summed E-state index contributed by atoms with van der Waals surface area (Å²) in [6.45, 7) is 6.72.